The van der Waals surface area contributed by atoms with Gasteiger partial charge in [0.15, 0.2) is 5.75 Å². The third-order valence-electron chi connectivity index (χ3n) is 3.22. The lowest BCUT2D eigenvalue weighted by molar-refractivity contribution is -0.385. The van der Waals surface area contributed by atoms with Crippen LogP contribution in [0, 0.1) is 16.0 Å². The molecule has 1 N–H and O–H groups in total. The molecule has 0 spiro atoms. The topological polar surface area (TPSA) is 108 Å². The number of carbonyl (C=O) groups is 2. The lowest BCUT2D eigenvalue weighted by atomic mass is 10.0. The molecule has 1 amide bonds. The van der Waals surface area contributed by atoms with Gasteiger partial charge in [-0.05, 0) is 31.4 Å². The summed E-state index contributed by atoms with van der Waals surface area (Å²) in [4.78, 5) is 34.6. The van der Waals surface area contributed by atoms with E-state index in [0.29, 0.717) is 6.42 Å². The number of methoxy groups -OCH3 is 1. The minimum Gasteiger partial charge on any atom is -0.487 e. The number of nitrogens with one attached hydrogen (secondary N) is 1. The van der Waals surface area contributed by atoms with Crippen LogP contribution in [0.3, 0.4) is 0 Å². The number of ether oxygens (including phenoxy) is 2. The second-order valence-electron chi connectivity index (χ2n) is 5.55. The number of carbonyl (C=O) groups excluding carboxylic acids is 2. The van der Waals surface area contributed by atoms with E-state index in [0.717, 1.165) is 6.07 Å². The molecular weight excluding hydrogens is 316 g/mol. The van der Waals surface area contributed by atoms with E-state index in [1.54, 1.807) is 6.92 Å². The van der Waals surface area contributed by atoms with Gasteiger partial charge in [0.2, 0.25) is 0 Å². The standard InChI is InChI=1S/C16H22N2O6/c1-5-24-14-7-6-11(9-13(14)18(21)22)15(19)17-12(8-10(2)3)16(20)23-4/h6-7,9-10,12H,5,8H2,1-4H3,(H,17,19)/t12-/m0/s1. The van der Waals surface area contributed by atoms with Crippen LogP contribution in [-0.2, 0) is 9.53 Å². The minimum atomic E-state index is -0.812. The van der Waals surface area contributed by atoms with Crippen LogP contribution >= 0.6 is 0 Å². The molecule has 0 radical (unpaired) electrons. The van der Waals surface area contributed by atoms with Gasteiger partial charge >= 0.3 is 11.7 Å². The first-order valence-corrected chi connectivity index (χ1v) is 7.60. The number of hydrogen-bond donors (Lipinski definition) is 1. The highest BCUT2D eigenvalue weighted by atomic mass is 16.6. The largest absolute Gasteiger partial charge is 0.487 e. The van der Waals surface area contributed by atoms with Crippen molar-refractivity contribution >= 4 is 17.6 Å². The maximum atomic E-state index is 12.3. The highest BCUT2D eigenvalue weighted by Crippen LogP contribution is 2.28. The van der Waals surface area contributed by atoms with E-state index in [1.807, 2.05) is 13.8 Å². The third-order valence-corrected chi connectivity index (χ3v) is 3.22. The molecule has 1 atom stereocenters. The molecule has 1 aromatic rings. The van der Waals surface area contributed by atoms with E-state index < -0.39 is 22.8 Å². The molecule has 8 heteroatoms. The van der Waals surface area contributed by atoms with Gasteiger partial charge in [-0.1, -0.05) is 13.8 Å². The Labute approximate surface area is 140 Å². The summed E-state index contributed by atoms with van der Waals surface area (Å²) in [7, 11) is 1.24. The fraction of sp³-hybridized carbons (Fsp3) is 0.500. The molecule has 0 aromatic heterocycles. The lowest BCUT2D eigenvalue weighted by Crippen LogP contribution is -2.42. The van der Waals surface area contributed by atoms with E-state index >= 15 is 0 Å². The van der Waals surface area contributed by atoms with Crippen LogP contribution in [0.1, 0.15) is 37.6 Å². The number of nitrogens with zero attached hydrogens (tertiary/aromatic N) is 1. The van der Waals surface area contributed by atoms with Gasteiger partial charge in [-0.25, -0.2) is 4.79 Å². The Balaban J connectivity index is 3.02. The van der Waals surface area contributed by atoms with Crippen LogP contribution in [0.5, 0.6) is 5.75 Å². The first kappa shape index (κ1) is 19.4. The van der Waals surface area contributed by atoms with Crippen molar-refractivity contribution in [1.29, 1.82) is 0 Å². The van der Waals surface area contributed by atoms with E-state index in [2.05, 4.69) is 10.1 Å². The molecule has 8 nitrogen and oxygen atoms in total. The molecule has 0 heterocycles. The van der Waals surface area contributed by atoms with Gasteiger partial charge in [-0.15, -0.1) is 0 Å². The van der Waals surface area contributed by atoms with E-state index in [4.69, 9.17) is 4.74 Å². The van der Waals surface area contributed by atoms with Crippen LogP contribution in [0.25, 0.3) is 0 Å². The van der Waals surface area contributed by atoms with Crippen molar-refractivity contribution < 1.29 is 24.0 Å². The van der Waals surface area contributed by atoms with Gasteiger partial charge in [0.05, 0.1) is 18.6 Å². The second-order valence-corrected chi connectivity index (χ2v) is 5.55. The normalized spacial score (nSPS) is 11.7. The number of nitro benzene ring substituents is 1. The molecule has 1 aromatic carbocycles. The maximum absolute atomic E-state index is 12.3. The van der Waals surface area contributed by atoms with Crippen LogP contribution in [0.2, 0.25) is 0 Å². The number of hydrogen-bond acceptors (Lipinski definition) is 6. The average molecular weight is 338 g/mol. The molecule has 0 saturated carbocycles. The summed E-state index contributed by atoms with van der Waals surface area (Å²) in [6.07, 6.45) is 0.400. The van der Waals surface area contributed by atoms with Gasteiger partial charge in [0.25, 0.3) is 5.91 Å². The Hall–Kier alpha value is -2.64. The van der Waals surface area contributed by atoms with Crippen molar-refractivity contribution in [2.24, 2.45) is 5.92 Å². The van der Waals surface area contributed by atoms with Gasteiger partial charge in [0.1, 0.15) is 6.04 Å². The van der Waals surface area contributed by atoms with Crippen molar-refractivity contribution in [3.8, 4) is 5.75 Å². The fourth-order valence-corrected chi connectivity index (χ4v) is 2.15. The van der Waals surface area contributed by atoms with Crippen molar-refractivity contribution in [2.45, 2.75) is 33.2 Å². The molecule has 0 saturated heterocycles. The summed E-state index contributed by atoms with van der Waals surface area (Å²) in [6, 6.07) is 3.10. The Morgan fingerprint density at radius 2 is 2.00 bits per heavy atom. The van der Waals surface area contributed by atoms with Crippen LogP contribution < -0.4 is 10.1 Å². The molecule has 0 aliphatic carbocycles. The second kappa shape index (κ2) is 8.85. The van der Waals surface area contributed by atoms with E-state index in [1.165, 1.54) is 19.2 Å². The third kappa shape index (κ3) is 5.22. The first-order chi connectivity index (χ1) is 11.3. The van der Waals surface area contributed by atoms with Gasteiger partial charge in [0, 0.05) is 11.6 Å². The number of amides is 1. The van der Waals surface area contributed by atoms with Crippen LogP contribution in [-0.4, -0.2) is 36.6 Å². The number of benzene rings is 1. The molecule has 132 valence electrons. The molecule has 0 unspecified atom stereocenters. The first-order valence-electron chi connectivity index (χ1n) is 7.60. The van der Waals surface area contributed by atoms with E-state index in [9.17, 15) is 19.7 Å². The lowest BCUT2D eigenvalue weighted by Gasteiger charge is -2.18. The smallest absolute Gasteiger partial charge is 0.328 e. The van der Waals surface area contributed by atoms with Crippen molar-refractivity contribution in [2.75, 3.05) is 13.7 Å². The Bertz CT molecular complexity index is 615. The highest BCUT2D eigenvalue weighted by Gasteiger charge is 2.25. The molecule has 0 aliphatic heterocycles. The summed E-state index contributed by atoms with van der Waals surface area (Å²) in [5, 5.41) is 13.7. The predicted molar refractivity (Wildman–Crippen MR) is 87.0 cm³/mol. The molecule has 1 rings (SSSR count). The molecule has 0 aliphatic rings. The van der Waals surface area contributed by atoms with Gasteiger partial charge in [-0.3, -0.25) is 14.9 Å². The zero-order valence-electron chi connectivity index (χ0n) is 14.2. The van der Waals surface area contributed by atoms with E-state index in [-0.39, 0.29) is 29.5 Å². The number of esters is 1. The zero-order valence-corrected chi connectivity index (χ0v) is 14.2. The molecule has 0 bridgehead atoms. The summed E-state index contributed by atoms with van der Waals surface area (Å²) in [6.45, 7) is 5.79. The van der Waals surface area contributed by atoms with Crippen LogP contribution in [0.4, 0.5) is 5.69 Å². The fourth-order valence-electron chi connectivity index (χ4n) is 2.15. The molecular formula is C16H22N2O6. The van der Waals surface area contributed by atoms with Crippen molar-refractivity contribution in [1.82, 2.24) is 5.32 Å². The molecule has 0 fully saturated rings. The Kier molecular flexibility index (Phi) is 7.16. The van der Waals surface area contributed by atoms with Gasteiger partial charge in [-0.2, -0.15) is 0 Å². The molecule has 24 heavy (non-hydrogen) atoms. The van der Waals surface area contributed by atoms with Crippen molar-refractivity contribution in [3.05, 3.63) is 33.9 Å². The van der Waals surface area contributed by atoms with Gasteiger partial charge < -0.3 is 14.8 Å². The number of nitro groups is 1. The zero-order chi connectivity index (χ0) is 18.3. The Morgan fingerprint density at radius 3 is 2.50 bits per heavy atom. The Morgan fingerprint density at radius 1 is 1.33 bits per heavy atom. The average Bonchev–Trinajstić information content (AvgIpc) is 2.53. The quantitative estimate of drug-likeness (QED) is 0.443. The summed E-state index contributed by atoms with van der Waals surface area (Å²) in [5.74, 6) is -0.899. The monoisotopic (exact) mass is 338 g/mol. The maximum Gasteiger partial charge on any atom is 0.328 e. The summed E-state index contributed by atoms with van der Waals surface area (Å²) < 4.78 is 9.86. The van der Waals surface area contributed by atoms with Crippen LogP contribution in [0.15, 0.2) is 18.2 Å². The SMILES string of the molecule is CCOc1ccc(C(=O)N[C@@H](CC(C)C)C(=O)OC)cc1[N+](=O)[O-]. The van der Waals surface area contributed by atoms with Crippen molar-refractivity contribution in [3.63, 3.8) is 0 Å². The predicted octanol–water partition coefficient (Wildman–Crippen LogP) is 2.31. The summed E-state index contributed by atoms with van der Waals surface area (Å²) in [5.41, 5.74) is -0.231. The summed E-state index contributed by atoms with van der Waals surface area (Å²) >= 11 is 0. The number of rotatable bonds is 8. The minimum absolute atomic E-state index is 0.0720. The highest BCUT2D eigenvalue weighted by molar-refractivity contribution is 5.97.